The minimum atomic E-state index is 0.367. The summed E-state index contributed by atoms with van der Waals surface area (Å²) in [5.41, 5.74) is 0.367. The average molecular weight is 221 g/mol. The second-order valence-electron chi connectivity index (χ2n) is 2.65. The number of aliphatic imine (C=N–C) groups is 1. The van der Waals surface area contributed by atoms with Crippen molar-refractivity contribution in [3.63, 3.8) is 0 Å². The van der Waals surface area contributed by atoms with Crippen molar-refractivity contribution in [3.8, 4) is 5.82 Å². The SMILES string of the molecule is O=C=Nc1cnc(-n2cccn2)c(Cl)c1. The Labute approximate surface area is 90.0 Å². The third-order valence-corrected chi connectivity index (χ3v) is 1.98. The molecule has 0 fully saturated rings. The Kier molecular flexibility index (Phi) is 2.58. The van der Waals surface area contributed by atoms with E-state index in [1.165, 1.54) is 23.0 Å². The first kappa shape index (κ1) is 9.58. The zero-order valence-corrected chi connectivity index (χ0v) is 8.22. The lowest BCUT2D eigenvalue weighted by molar-refractivity contribution is 0.565. The van der Waals surface area contributed by atoms with Crippen LogP contribution in [0.3, 0.4) is 0 Å². The van der Waals surface area contributed by atoms with Crippen molar-refractivity contribution in [2.75, 3.05) is 0 Å². The van der Waals surface area contributed by atoms with Crippen LogP contribution >= 0.6 is 11.6 Å². The summed E-state index contributed by atoms with van der Waals surface area (Å²) in [5.74, 6) is 0.492. The van der Waals surface area contributed by atoms with E-state index in [1.54, 1.807) is 18.5 Å². The van der Waals surface area contributed by atoms with Crippen LogP contribution in [0.1, 0.15) is 0 Å². The number of halogens is 1. The quantitative estimate of drug-likeness (QED) is 0.574. The lowest BCUT2D eigenvalue weighted by Gasteiger charge is -2.02. The van der Waals surface area contributed by atoms with Crippen LogP contribution in [0, 0.1) is 0 Å². The van der Waals surface area contributed by atoms with Gasteiger partial charge in [0.2, 0.25) is 6.08 Å². The van der Waals surface area contributed by atoms with E-state index in [9.17, 15) is 4.79 Å². The lowest BCUT2D eigenvalue weighted by Crippen LogP contribution is -1.97. The summed E-state index contributed by atoms with van der Waals surface area (Å²) >= 11 is 5.94. The van der Waals surface area contributed by atoms with Gasteiger partial charge in [0.1, 0.15) is 0 Å². The van der Waals surface area contributed by atoms with Gasteiger partial charge in [0.05, 0.1) is 16.9 Å². The van der Waals surface area contributed by atoms with Crippen LogP contribution in [-0.2, 0) is 4.79 Å². The van der Waals surface area contributed by atoms with Gasteiger partial charge in [0.25, 0.3) is 0 Å². The maximum absolute atomic E-state index is 10.0. The summed E-state index contributed by atoms with van der Waals surface area (Å²) in [4.78, 5) is 17.5. The fourth-order valence-electron chi connectivity index (χ4n) is 1.10. The van der Waals surface area contributed by atoms with E-state index in [4.69, 9.17) is 11.6 Å². The van der Waals surface area contributed by atoms with Crippen molar-refractivity contribution < 1.29 is 4.79 Å². The number of nitrogens with zero attached hydrogens (tertiary/aromatic N) is 4. The molecule has 0 spiro atoms. The van der Waals surface area contributed by atoms with E-state index in [1.807, 2.05) is 0 Å². The van der Waals surface area contributed by atoms with Crippen molar-refractivity contribution in [1.29, 1.82) is 0 Å². The highest BCUT2D eigenvalue weighted by atomic mass is 35.5. The number of isocyanates is 1. The molecule has 0 N–H and O–H groups in total. The van der Waals surface area contributed by atoms with E-state index in [0.29, 0.717) is 16.5 Å². The zero-order valence-electron chi connectivity index (χ0n) is 7.46. The molecular formula is C9H5ClN4O. The number of rotatable bonds is 2. The van der Waals surface area contributed by atoms with Gasteiger partial charge in [0.15, 0.2) is 5.82 Å². The molecule has 0 saturated carbocycles. The van der Waals surface area contributed by atoms with Crippen LogP contribution in [0.2, 0.25) is 5.02 Å². The summed E-state index contributed by atoms with van der Waals surface area (Å²) in [6, 6.07) is 3.28. The molecule has 5 nitrogen and oxygen atoms in total. The topological polar surface area (TPSA) is 60.1 Å². The van der Waals surface area contributed by atoms with Crippen LogP contribution < -0.4 is 0 Å². The molecule has 0 saturated heterocycles. The molecule has 2 heterocycles. The Morgan fingerprint density at radius 2 is 2.40 bits per heavy atom. The Hall–Kier alpha value is -1.97. The number of carbonyl (C=O) groups excluding carboxylic acids is 1. The monoisotopic (exact) mass is 220 g/mol. The van der Waals surface area contributed by atoms with Crippen LogP contribution in [0.4, 0.5) is 5.69 Å². The zero-order chi connectivity index (χ0) is 10.7. The number of hydrogen-bond donors (Lipinski definition) is 0. The van der Waals surface area contributed by atoms with Gasteiger partial charge in [-0.1, -0.05) is 11.6 Å². The highest BCUT2D eigenvalue weighted by Crippen LogP contribution is 2.22. The standard InChI is InChI=1S/C9H5ClN4O/c10-8-4-7(12-6-15)5-11-9(8)14-3-1-2-13-14/h1-5H. The highest BCUT2D eigenvalue weighted by molar-refractivity contribution is 6.32. The first-order chi connectivity index (χ1) is 7.31. The van der Waals surface area contributed by atoms with Crippen molar-refractivity contribution in [1.82, 2.24) is 14.8 Å². The third kappa shape index (κ3) is 1.93. The molecule has 0 atom stereocenters. The van der Waals surface area contributed by atoms with E-state index in [0.717, 1.165) is 0 Å². The van der Waals surface area contributed by atoms with Gasteiger partial charge in [-0.2, -0.15) is 10.1 Å². The first-order valence-corrected chi connectivity index (χ1v) is 4.42. The molecule has 2 aromatic rings. The van der Waals surface area contributed by atoms with Crippen molar-refractivity contribution in [3.05, 3.63) is 35.7 Å². The van der Waals surface area contributed by atoms with Crippen molar-refractivity contribution in [2.24, 2.45) is 4.99 Å². The second kappa shape index (κ2) is 4.04. The molecule has 6 heteroatoms. The number of hydrogen-bond acceptors (Lipinski definition) is 4. The van der Waals surface area contributed by atoms with Gasteiger partial charge in [-0.3, -0.25) is 0 Å². The molecule has 15 heavy (non-hydrogen) atoms. The third-order valence-electron chi connectivity index (χ3n) is 1.70. The van der Waals surface area contributed by atoms with Gasteiger partial charge in [-0.05, 0) is 12.1 Å². The first-order valence-electron chi connectivity index (χ1n) is 4.04. The molecule has 0 bridgehead atoms. The van der Waals surface area contributed by atoms with Gasteiger partial charge >= 0.3 is 0 Å². The van der Waals surface area contributed by atoms with Gasteiger partial charge < -0.3 is 0 Å². The number of aromatic nitrogens is 3. The molecule has 2 rings (SSSR count). The van der Waals surface area contributed by atoms with Crippen LogP contribution in [0.25, 0.3) is 5.82 Å². The summed E-state index contributed by atoms with van der Waals surface area (Å²) < 4.78 is 1.52. The second-order valence-corrected chi connectivity index (χ2v) is 3.06. The molecule has 74 valence electrons. The average Bonchev–Trinajstić information content (AvgIpc) is 2.71. The summed E-state index contributed by atoms with van der Waals surface area (Å²) in [6.45, 7) is 0. The van der Waals surface area contributed by atoms with Crippen LogP contribution in [-0.4, -0.2) is 20.8 Å². The molecule has 0 amide bonds. The molecule has 0 aliphatic heterocycles. The minimum absolute atomic E-state index is 0.367. The fourth-order valence-corrected chi connectivity index (χ4v) is 1.34. The lowest BCUT2D eigenvalue weighted by atomic mass is 10.4. The van der Waals surface area contributed by atoms with Crippen LogP contribution in [0.15, 0.2) is 35.7 Å². The molecule has 2 aromatic heterocycles. The smallest absolute Gasteiger partial charge is 0.234 e. The van der Waals surface area contributed by atoms with Crippen LogP contribution in [0.5, 0.6) is 0 Å². The Balaban J connectivity index is 2.48. The molecular weight excluding hydrogens is 216 g/mol. The summed E-state index contributed by atoms with van der Waals surface area (Å²) in [5, 5.41) is 4.36. The van der Waals surface area contributed by atoms with Gasteiger partial charge in [-0.25, -0.2) is 14.5 Å². The normalized spacial score (nSPS) is 9.67. The predicted molar refractivity (Wildman–Crippen MR) is 54.2 cm³/mol. The number of pyridine rings is 1. The van der Waals surface area contributed by atoms with E-state index < -0.39 is 0 Å². The largest absolute Gasteiger partial charge is 0.240 e. The maximum atomic E-state index is 10.0. The molecule has 0 unspecified atom stereocenters. The Bertz CT molecular complexity index is 517. The van der Waals surface area contributed by atoms with E-state index >= 15 is 0 Å². The van der Waals surface area contributed by atoms with E-state index in [-0.39, 0.29) is 0 Å². The van der Waals surface area contributed by atoms with Crippen molar-refractivity contribution >= 4 is 23.4 Å². The van der Waals surface area contributed by atoms with E-state index in [2.05, 4.69) is 15.1 Å². The molecule has 0 aliphatic rings. The molecule has 0 radical (unpaired) electrons. The Morgan fingerprint density at radius 3 is 3.00 bits per heavy atom. The summed E-state index contributed by atoms with van der Waals surface area (Å²) in [6.07, 6.45) is 6.18. The molecule has 0 aliphatic carbocycles. The maximum Gasteiger partial charge on any atom is 0.240 e. The minimum Gasteiger partial charge on any atom is -0.234 e. The Morgan fingerprint density at radius 1 is 1.53 bits per heavy atom. The summed E-state index contributed by atoms with van der Waals surface area (Å²) in [7, 11) is 0. The fraction of sp³-hybridized carbons (Fsp3) is 0. The van der Waals surface area contributed by atoms with Crippen molar-refractivity contribution in [2.45, 2.75) is 0 Å². The predicted octanol–water partition coefficient (Wildman–Crippen LogP) is 1.89. The van der Waals surface area contributed by atoms with Gasteiger partial charge in [0, 0.05) is 12.4 Å². The highest BCUT2D eigenvalue weighted by Gasteiger charge is 2.05. The molecule has 0 aromatic carbocycles. The van der Waals surface area contributed by atoms with Gasteiger partial charge in [-0.15, -0.1) is 0 Å².